The molecule has 88 valence electrons. The van der Waals surface area contributed by atoms with Crippen molar-refractivity contribution in [3.63, 3.8) is 0 Å². The summed E-state index contributed by atoms with van der Waals surface area (Å²) in [5.41, 5.74) is 0.199. The Bertz CT molecular complexity index is 225. The third kappa shape index (κ3) is 4.03. The molecule has 0 aromatic carbocycles. The van der Waals surface area contributed by atoms with Crippen LogP contribution in [0.25, 0.3) is 0 Å². The number of likely N-dealkylation sites (tertiary alicyclic amines) is 1. The highest BCUT2D eigenvalue weighted by molar-refractivity contribution is 7.81. The number of thiol groups is 1. The Morgan fingerprint density at radius 3 is 2.73 bits per heavy atom. The molecular formula is C11H22N2OS. The Balaban J connectivity index is 2.46. The molecule has 1 aliphatic rings. The zero-order valence-electron chi connectivity index (χ0n) is 9.92. The highest BCUT2D eigenvalue weighted by atomic mass is 32.1. The molecule has 1 heterocycles. The molecule has 15 heavy (non-hydrogen) atoms. The van der Waals surface area contributed by atoms with Crippen molar-refractivity contribution in [2.75, 3.05) is 18.8 Å². The van der Waals surface area contributed by atoms with Crippen molar-refractivity contribution >= 4 is 18.5 Å². The minimum atomic E-state index is 0.0408. The average molecular weight is 230 g/mol. The highest BCUT2D eigenvalue weighted by Crippen LogP contribution is 2.19. The van der Waals surface area contributed by atoms with Gasteiger partial charge in [0.1, 0.15) is 0 Å². The highest BCUT2D eigenvalue weighted by Gasteiger charge is 2.28. The molecule has 3 nitrogen and oxygen atoms in total. The van der Waals surface area contributed by atoms with Crippen molar-refractivity contribution < 1.29 is 4.79 Å². The summed E-state index contributed by atoms with van der Waals surface area (Å²) in [5, 5.41) is 3.01. The topological polar surface area (TPSA) is 32.3 Å². The Labute approximate surface area is 98.0 Å². The van der Waals surface area contributed by atoms with Gasteiger partial charge >= 0.3 is 0 Å². The van der Waals surface area contributed by atoms with Crippen LogP contribution in [0.4, 0.5) is 0 Å². The maximum Gasteiger partial charge on any atom is 0.229 e. The van der Waals surface area contributed by atoms with Gasteiger partial charge in [-0.25, -0.2) is 0 Å². The van der Waals surface area contributed by atoms with E-state index in [0.29, 0.717) is 6.04 Å². The second-order valence-electron chi connectivity index (χ2n) is 5.18. The van der Waals surface area contributed by atoms with Gasteiger partial charge in [0.2, 0.25) is 5.91 Å². The van der Waals surface area contributed by atoms with Crippen molar-refractivity contribution in [3.8, 4) is 0 Å². The summed E-state index contributed by atoms with van der Waals surface area (Å²) in [4.78, 5) is 13.7. The lowest BCUT2D eigenvalue weighted by Gasteiger charge is -2.41. The molecule has 0 radical (unpaired) electrons. The third-order valence-electron chi connectivity index (χ3n) is 2.88. The number of hydrogen-bond donors (Lipinski definition) is 2. The van der Waals surface area contributed by atoms with Gasteiger partial charge in [-0.05, 0) is 40.2 Å². The SMILES string of the molecule is CC(C)(C)N1CCC[C@@H](NC(=O)CS)C1. The number of carbonyl (C=O) groups excluding carboxylic acids is 1. The Hall–Kier alpha value is -0.220. The van der Waals surface area contributed by atoms with Crippen LogP contribution in [0.15, 0.2) is 0 Å². The maximum atomic E-state index is 11.2. The Morgan fingerprint density at radius 2 is 2.20 bits per heavy atom. The van der Waals surface area contributed by atoms with Gasteiger partial charge in [-0.1, -0.05) is 0 Å². The van der Waals surface area contributed by atoms with Crippen molar-refractivity contribution in [1.82, 2.24) is 10.2 Å². The fraction of sp³-hybridized carbons (Fsp3) is 0.909. The number of nitrogens with zero attached hydrogens (tertiary/aromatic N) is 1. The maximum absolute atomic E-state index is 11.2. The fourth-order valence-electron chi connectivity index (χ4n) is 1.98. The molecule has 0 saturated carbocycles. The lowest BCUT2D eigenvalue weighted by molar-refractivity contribution is -0.119. The minimum Gasteiger partial charge on any atom is -0.351 e. The van der Waals surface area contributed by atoms with Crippen LogP contribution in [0.1, 0.15) is 33.6 Å². The van der Waals surface area contributed by atoms with E-state index >= 15 is 0 Å². The molecule has 1 fully saturated rings. The summed E-state index contributed by atoms with van der Waals surface area (Å²) in [6.07, 6.45) is 2.25. The molecule has 1 N–H and O–H groups in total. The summed E-state index contributed by atoms with van der Waals surface area (Å²) in [5.74, 6) is 0.325. The molecule has 1 atom stereocenters. The fourth-order valence-corrected chi connectivity index (χ4v) is 2.07. The van der Waals surface area contributed by atoms with Gasteiger partial charge in [0.25, 0.3) is 0 Å². The van der Waals surface area contributed by atoms with E-state index in [0.717, 1.165) is 25.9 Å². The van der Waals surface area contributed by atoms with Crippen LogP contribution < -0.4 is 5.32 Å². The first-order valence-corrected chi connectivity index (χ1v) is 6.22. The zero-order valence-corrected chi connectivity index (χ0v) is 10.8. The second-order valence-corrected chi connectivity index (χ2v) is 5.50. The van der Waals surface area contributed by atoms with E-state index in [1.165, 1.54) is 0 Å². The van der Waals surface area contributed by atoms with E-state index in [9.17, 15) is 4.79 Å². The predicted octanol–water partition coefficient (Wildman–Crippen LogP) is 1.30. The van der Waals surface area contributed by atoms with Gasteiger partial charge < -0.3 is 5.32 Å². The van der Waals surface area contributed by atoms with Gasteiger partial charge in [0.05, 0.1) is 5.75 Å². The van der Waals surface area contributed by atoms with Crippen molar-refractivity contribution in [2.45, 2.75) is 45.2 Å². The van der Waals surface area contributed by atoms with Crippen LogP contribution in [0, 0.1) is 0 Å². The number of amides is 1. The first-order chi connectivity index (χ1) is 6.93. The second kappa shape index (κ2) is 5.21. The monoisotopic (exact) mass is 230 g/mol. The molecule has 1 aliphatic heterocycles. The van der Waals surface area contributed by atoms with E-state index in [4.69, 9.17) is 0 Å². The van der Waals surface area contributed by atoms with E-state index in [-0.39, 0.29) is 17.2 Å². The van der Waals surface area contributed by atoms with E-state index in [1.54, 1.807) is 0 Å². The normalized spacial score (nSPS) is 23.9. The first-order valence-electron chi connectivity index (χ1n) is 5.59. The van der Waals surface area contributed by atoms with Crippen LogP contribution in [-0.4, -0.2) is 41.2 Å². The van der Waals surface area contributed by atoms with Gasteiger partial charge in [0, 0.05) is 18.1 Å². The Kier molecular flexibility index (Phi) is 4.46. The van der Waals surface area contributed by atoms with Crippen LogP contribution in [0.3, 0.4) is 0 Å². The lowest BCUT2D eigenvalue weighted by atomic mass is 9.98. The first kappa shape index (κ1) is 12.8. The molecule has 1 saturated heterocycles. The summed E-state index contributed by atoms with van der Waals surface area (Å²) in [6, 6.07) is 0.303. The van der Waals surface area contributed by atoms with Crippen LogP contribution in [0.2, 0.25) is 0 Å². The molecule has 0 bridgehead atoms. The van der Waals surface area contributed by atoms with Crippen molar-refractivity contribution in [2.24, 2.45) is 0 Å². The molecule has 4 heteroatoms. The van der Waals surface area contributed by atoms with Gasteiger partial charge in [-0.2, -0.15) is 12.6 Å². The minimum absolute atomic E-state index is 0.0408. The van der Waals surface area contributed by atoms with E-state index in [1.807, 2.05) is 0 Å². The average Bonchev–Trinajstić information content (AvgIpc) is 2.17. The molecule has 1 amide bonds. The molecule has 1 rings (SSSR count). The standard InChI is InChI=1S/C11H22N2OS/c1-11(2,3)13-6-4-5-9(7-13)12-10(14)8-15/h9,15H,4-8H2,1-3H3,(H,12,14)/t9-/m1/s1. The van der Waals surface area contributed by atoms with E-state index < -0.39 is 0 Å². The zero-order chi connectivity index (χ0) is 11.5. The van der Waals surface area contributed by atoms with Gasteiger partial charge in [0.15, 0.2) is 0 Å². The number of piperidine rings is 1. The quantitative estimate of drug-likeness (QED) is 0.701. The molecule has 0 aromatic rings. The third-order valence-corrected chi connectivity index (χ3v) is 3.17. The number of hydrogen-bond acceptors (Lipinski definition) is 3. The predicted molar refractivity (Wildman–Crippen MR) is 66.3 cm³/mol. The summed E-state index contributed by atoms with van der Waals surface area (Å²) in [7, 11) is 0. The lowest BCUT2D eigenvalue weighted by Crippen LogP contribution is -2.53. The smallest absolute Gasteiger partial charge is 0.229 e. The molecular weight excluding hydrogens is 208 g/mol. The Morgan fingerprint density at radius 1 is 1.53 bits per heavy atom. The molecule has 0 unspecified atom stereocenters. The summed E-state index contributed by atoms with van der Waals surface area (Å²) in [6.45, 7) is 8.75. The summed E-state index contributed by atoms with van der Waals surface area (Å²) < 4.78 is 0. The molecule has 0 aliphatic carbocycles. The summed E-state index contributed by atoms with van der Waals surface area (Å²) >= 11 is 3.97. The van der Waals surface area contributed by atoms with Gasteiger partial charge in [-0.3, -0.25) is 9.69 Å². The van der Waals surface area contributed by atoms with E-state index in [2.05, 4.69) is 43.6 Å². The molecule has 0 aromatic heterocycles. The number of rotatable bonds is 2. The van der Waals surface area contributed by atoms with Crippen LogP contribution in [0.5, 0.6) is 0 Å². The molecule has 0 spiro atoms. The van der Waals surface area contributed by atoms with Gasteiger partial charge in [-0.15, -0.1) is 0 Å². The number of nitrogens with one attached hydrogen (secondary N) is 1. The largest absolute Gasteiger partial charge is 0.351 e. The van der Waals surface area contributed by atoms with Crippen LogP contribution >= 0.6 is 12.6 Å². The number of carbonyl (C=O) groups is 1. The van der Waals surface area contributed by atoms with Crippen LogP contribution in [-0.2, 0) is 4.79 Å². The van der Waals surface area contributed by atoms with Crippen molar-refractivity contribution in [1.29, 1.82) is 0 Å². The van der Waals surface area contributed by atoms with Crippen molar-refractivity contribution in [3.05, 3.63) is 0 Å².